The molecule has 0 fully saturated rings. The fraction of sp³-hybridized carbons (Fsp3) is 0.0625. The van der Waals surface area contributed by atoms with Crippen LogP contribution in [0, 0.1) is 0 Å². The highest BCUT2D eigenvalue weighted by Gasteiger charge is 2.24. The van der Waals surface area contributed by atoms with Crippen molar-refractivity contribution in [1.29, 1.82) is 0 Å². The largest absolute Gasteiger partial charge is 0.321 e. The Morgan fingerprint density at radius 2 is 1.91 bits per heavy atom. The van der Waals surface area contributed by atoms with Crippen molar-refractivity contribution in [3.8, 4) is 0 Å². The standard InChI is InChI=1S/C16H12ClNO3S/c1-22(20,21)12-4-2-3-10(7-12)8-14-13-6-5-11(17)9-15(13)18-16(14)19/h2-9H,1H3,(H,18,19). The Morgan fingerprint density at radius 1 is 1.14 bits per heavy atom. The van der Waals surface area contributed by atoms with Gasteiger partial charge in [-0.3, -0.25) is 4.79 Å². The van der Waals surface area contributed by atoms with Crippen LogP contribution in [0.15, 0.2) is 47.4 Å². The van der Waals surface area contributed by atoms with Crippen molar-refractivity contribution in [2.45, 2.75) is 4.90 Å². The van der Waals surface area contributed by atoms with Crippen molar-refractivity contribution in [1.82, 2.24) is 0 Å². The number of amides is 1. The van der Waals surface area contributed by atoms with Crippen LogP contribution in [0.25, 0.3) is 11.6 Å². The summed E-state index contributed by atoms with van der Waals surface area (Å²) in [5.74, 6) is -0.234. The summed E-state index contributed by atoms with van der Waals surface area (Å²) in [6, 6.07) is 11.6. The molecule has 4 nitrogen and oxygen atoms in total. The minimum Gasteiger partial charge on any atom is -0.321 e. The molecule has 1 heterocycles. The average molecular weight is 334 g/mol. The van der Waals surface area contributed by atoms with Gasteiger partial charge in [0.05, 0.1) is 10.6 Å². The zero-order chi connectivity index (χ0) is 15.9. The van der Waals surface area contributed by atoms with Gasteiger partial charge in [0.1, 0.15) is 0 Å². The van der Waals surface area contributed by atoms with Crippen LogP contribution < -0.4 is 5.32 Å². The molecule has 1 aliphatic heterocycles. The fourth-order valence-electron chi connectivity index (χ4n) is 2.31. The Balaban J connectivity index is 2.09. The third-order valence-corrected chi connectivity index (χ3v) is 4.71. The molecular formula is C16H12ClNO3S. The summed E-state index contributed by atoms with van der Waals surface area (Å²) < 4.78 is 23.2. The highest BCUT2D eigenvalue weighted by atomic mass is 35.5. The van der Waals surface area contributed by atoms with Crippen LogP contribution >= 0.6 is 11.6 Å². The Bertz CT molecular complexity index is 917. The molecule has 1 N–H and O–H groups in total. The molecule has 0 spiro atoms. The van der Waals surface area contributed by atoms with Gasteiger partial charge in [0.25, 0.3) is 5.91 Å². The van der Waals surface area contributed by atoms with E-state index in [0.29, 0.717) is 21.8 Å². The Kier molecular flexibility index (Phi) is 3.54. The first-order chi connectivity index (χ1) is 10.3. The van der Waals surface area contributed by atoms with Gasteiger partial charge in [-0.2, -0.15) is 0 Å². The van der Waals surface area contributed by atoms with Gasteiger partial charge in [-0.05, 0) is 35.9 Å². The normalized spacial score (nSPS) is 15.7. The van der Waals surface area contributed by atoms with Crippen LogP contribution in [0.2, 0.25) is 5.02 Å². The van der Waals surface area contributed by atoms with Crippen molar-refractivity contribution in [3.63, 3.8) is 0 Å². The summed E-state index contributed by atoms with van der Waals surface area (Å²) in [5, 5.41) is 3.28. The minimum absolute atomic E-state index is 0.219. The quantitative estimate of drug-likeness (QED) is 0.858. The van der Waals surface area contributed by atoms with Gasteiger partial charge in [-0.15, -0.1) is 0 Å². The van der Waals surface area contributed by atoms with E-state index in [4.69, 9.17) is 11.6 Å². The summed E-state index contributed by atoms with van der Waals surface area (Å²) in [4.78, 5) is 12.3. The molecule has 2 aromatic rings. The highest BCUT2D eigenvalue weighted by molar-refractivity contribution is 7.90. The van der Waals surface area contributed by atoms with Gasteiger partial charge in [0.15, 0.2) is 9.84 Å². The molecule has 1 amide bonds. The van der Waals surface area contributed by atoms with Gasteiger partial charge in [0, 0.05) is 22.4 Å². The van der Waals surface area contributed by atoms with E-state index in [0.717, 1.165) is 11.8 Å². The van der Waals surface area contributed by atoms with Crippen molar-refractivity contribution in [2.24, 2.45) is 0 Å². The number of halogens is 1. The third kappa shape index (κ3) is 2.77. The first kappa shape index (κ1) is 14.8. The van der Waals surface area contributed by atoms with Gasteiger partial charge < -0.3 is 5.32 Å². The topological polar surface area (TPSA) is 63.2 Å². The van der Waals surface area contributed by atoms with Gasteiger partial charge in [-0.1, -0.05) is 29.8 Å². The van der Waals surface area contributed by atoms with Crippen LogP contribution in [-0.4, -0.2) is 20.6 Å². The molecule has 6 heteroatoms. The molecule has 0 saturated carbocycles. The van der Waals surface area contributed by atoms with E-state index >= 15 is 0 Å². The summed E-state index contributed by atoms with van der Waals surface area (Å²) in [7, 11) is -3.29. The number of carbonyl (C=O) groups is 1. The Hall–Kier alpha value is -2.11. The van der Waals surface area contributed by atoms with Crippen LogP contribution in [0.5, 0.6) is 0 Å². The molecule has 0 aromatic heterocycles. The molecule has 0 atom stereocenters. The van der Waals surface area contributed by atoms with E-state index in [9.17, 15) is 13.2 Å². The Labute approximate surface area is 133 Å². The molecule has 0 aliphatic carbocycles. The summed E-state index contributed by atoms with van der Waals surface area (Å²) in [6.07, 6.45) is 2.82. The van der Waals surface area contributed by atoms with E-state index in [1.54, 1.807) is 42.5 Å². The number of sulfone groups is 1. The highest BCUT2D eigenvalue weighted by Crippen LogP contribution is 2.35. The maximum absolute atomic E-state index is 12.1. The number of hydrogen-bond acceptors (Lipinski definition) is 3. The van der Waals surface area contributed by atoms with Gasteiger partial charge in [-0.25, -0.2) is 8.42 Å². The van der Waals surface area contributed by atoms with Gasteiger partial charge >= 0.3 is 0 Å². The lowest BCUT2D eigenvalue weighted by Crippen LogP contribution is -2.03. The van der Waals surface area contributed by atoms with Crippen molar-refractivity contribution in [3.05, 3.63) is 58.6 Å². The van der Waals surface area contributed by atoms with E-state index in [1.807, 2.05) is 0 Å². The molecule has 1 aliphatic rings. The van der Waals surface area contributed by atoms with E-state index in [2.05, 4.69) is 5.32 Å². The molecule has 112 valence electrons. The summed E-state index contributed by atoms with van der Waals surface area (Å²) in [6.45, 7) is 0. The molecule has 0 radical (unpaired) electrons. The van der Waals surface area contributed by atoms with Crippen LogP contribution in [0.1, 0.15) is 11.1 Å². The van der Waals surface area contributed by atoms with Crippen LogP contribution in [0.4, 0.5) is 5.69 Å². The van der Waals surface area contributed by atoms with E-state index in [1.165, 1.54) is 6.07 Å². The average Bonchev–Trinajstić information content (AvgIpc) is 2.74. The lowest BCUT2D eigenvalue weighted by Gasteiger charge is -2.02. The molecule has 3 rings (SSSR count). The molecule has 2 aromatic carbocycles. The predicted molar refractivity (Wildman–Crippen MR) is 87.5 cm³/mol. The van der Waals surface area contributed by atoms with Crippen molar-refractivity contribution in [2.75, 3.05) is 11.6 Å². The lowest BCUT2D eigenvalue weighted by molar-refractivity contribution is -0.110. The second-order valence-electron chi connectivity index (χ2n) is 5.05. The fourth-order valence-corrected chi connectivity index (χ4v) is 3.16. The molecule has 0 bridgehead atoms. The van der Waals surface area contributed by atoms with Crippen LogP contribution in [0.3, 0.4) is 0 Å². The van der Waals surface area contributed by atoms with E-state index in [-0.39, 0.29) is 10.8 Å². The third-order valence-electron chi connectivity index (χ3n) is 3.36. The number of fused-ring (bicyclic) bond motifs is 1. The maximum atomic E-state index is 12.1. The zero-order valence-corrected chi connectivity index (χ0v) is 13.2. The Morgan fingerprint density at radius 3 is 2.64 bits per heavy atom. The van der Waals surface area contributed by atoms with Crippen molar-refractivity contribution >= 4 is 44.7 Å². The molecule has 22 heavy (non-hydrogen) atoms. The SMILES string of the molecule is CS(=O)(=O)c1cccc(C=C2C(=O)Nc3cc(Cl)ccc32)c1. The number of anilines is 1. The summed E-state index contributed by atoms with van der Waals surface area (Å²) >= 11 is 5.91. The monoisotopic (exact) mass is 333 g/mol. The van der Waals surface area contributed by atoms with Gasteiger partial charge in [0.2, 0.25) is 0 Å². The predicted octanol–water partition coefficient (Wildman–Crippen LogP) is 3.24. The molecule has 0 unspecified atom stereocenters. The number of nitrogens with one attached hydrogen (secondary N) is 1. The molecular weight excluding hydrogens is 322 g/mol. The minimum atomic E-state index is -3.29. The second kappa shape index (κ2) is 5.26. The first-order valence-electron chi connectivity index (χ1n) is 6.48. The molecule has 0 saturated heterocycles. The van der Waals surface area contributed by atoms with Crippen molar-refractivity contribution < 1.29 is 13.2 Å². The smallest absolute Gasteiger partial charge is 0.256 e. The number of carbonyl (C=O) groups excluding carboxylic acids is 1. The van der Waals surface area contributed by atoms with E-state index < -0.39 is 9.84 Å². The second-order valence-corrected chi connectivity index (χ2v) is 7.50. The number of rotatable bonds is 2. The lowest BCUT2D eigenvalue weighted by atomic mass is 10.0. The number of benzene rings is 2. The first-order valence-corrected chi connectivity index (χ1v) is 8.74. The maximum Gasteiger partial charge on any atom is 0.256 e. The van der Waals surface area contributed by atoms with Crippen LogP contribution in [-0.2, 0) is 14.6 Å². The number of hydrogen-bond donors (Lipinski definition) is 1. The zero-order valence-electron chi connectivity index (χ0n) is 11.6. The summed E-state index contributed by atoms with van der Waals surface area (Å²) in [5.41, 5.74) is 2.54.